The molecule has 0 saturated heterocycles. The molecule has 0 aliphatic carbocycles. The number of carbonyl (C=O) groups is 3. The molecule has 26 heavy (non-hydrogen) atoms. The second kappa shape index (κ2) is 9.64. The van der Waals surface area contributed by atoms with Gasteiger partial charge in [0, 0.05) is 12.8 Å². The topological polar surface area (TPSA) is 110 Å². The molecule has 5 unspecified atom stereocenters. The number of carbonyl (C=O) groups excluding carboxylic acids is 3. The van der Waals surface area contributed by atoms with E-state index in [4.69, 9.17) is 9.47 Å². The van der Waals surface area contributed by atoms with Crippen molar-refractivity contribution in [1.29, 1.82) is 0 Å². The van der Waals surface area contributed by atoms with Crippen molar-refractivity contribution in [3.8, 4) is 0 Å². The molecule has 1 rings (SSSR count). The number of rotatable bonds is 3. The number of aliphatic hydroxyl groups is 2. The minimum absolute atomic E-state index is 0.131. The zero-order valence-electron chi connectivity index (χ0n) is 15.7. The number of hydrogen-bond donors (Lipinski definition) is 2. The number of ether oxygens (including phenoxy) is 2. The fraction of sp³-hybridized carbons (Fsp3) is 0.632. The first-order chi connectivity index (χ1) is 12.1. The number of allylic oxidation sites excluding steroid dienone is 1. The molecule has 0 aromatic rings. The zero-order valence-corrected chi connectivity index (χ0v) is 15.7. The summed E-state index contributed by atoms with van der Waals surface area (Å²) in [6, 6.07) is 0. The molecule has 1 aliphatic heterocycles. The fourth-order valence-corrected chi connectivity index (χ4v) is 2.83. The maximum atomic E-state index is 12.1. The smallest absolute Gasteiger partial charge is 0.309 e. The molecule has 0 saturated carbocycles. The van der Waals surface area contributed by atoms with Gasteiger partial charge in [0.1, 0.15) is 24.1 Å². The Hall–Kier alpha value is -1.99. The lowest BCUT2D eigenvalue weighted by Gasteiger charge is -2.32. The first kappa shape index (κ1) is 22.1. The van der Waals surface area contributed by atoms with Gasteiger partial charge in [0.15, 0.2) is 0 Å². The quantitative estimate of drug-likeness (QED) is 0.336. The monoisotopic (exact) mass is 368 g/mol. The highest BCUT2D eigenvalue weighted by molar-refractivity contribution is 5.71. The van der Waals surface area contributed by atoms with E-state index < -0.39 is 35.9 Å². The van der Waals surface area contributed by atoms with Gasteiger partial charge in [0.05, 0.1) is 12.5 Å². The molecule has 1 heterocycles. The molecule has 0 spiro atoms. The zero-order chi connectivity index (χ0) is 19.9. The van der Waals surface area contributed by atoms with Crippen LogP contribution in [-0.2, 0) is 23.9 Å². The summed E-state index contributed by atoms with van der Waals surface area (Å²) >= 11 is 0. The van der Waals surface area contributed by atoms with Crippen LogP contribution in [0, 0.1) is 5.92 Å². The van der Waals surface area contributed by atoms with E-state index in [1.54, 1.807) is 26.0 Å². The van der Waals surface area contributed by atoms with Crippen molar-refractivity contribution in [1.82, 2.24) is 0 Å². The highest BCUT2D eigenvalue weighted by atomic mass is 16.6. The highest BCUT2D eigenvalue weighted by Crippen LogP contribution is 2.26. The van der Waals surface area contributed by atoms with E-state index in [2.05, 4.69) is 0 Å². The Morgan fingerprint density at radius 2 is 2.04 bits per heavy atom. The maximum Gasteiger partial charge on any atom is 0.309 e. The summed E-state index contributed by atoms with van der Waals surface area (Å²) in [5.74, 6) is -1.47. The first-order valence-electron chi connectivity index (χ1n) is 8.64. The minimum Gasteiger partial charge on any atom is -0.457 e. The van der Waals surface area contributed by atoms with E-state index in [0.29, 0.717) is 11.9 Å². The minimum atomic E-state index is -1.41. The number of aldehydes is 1. The molecule has 2 N–H and O–H groups in total. The summed E-state index contributed by atoms with van der Waals surface area (Å²) in [6.07, 6.45) is 2.57. The first-order valence-corrected chi connectivity index (χ1v) is 8.64. The Morgan fingerprint density at radius 1 is 1.38 bits per heavy atom. The van der Waals surface area contributed by atoms with Crippen LogP contribution in [0.3, 0.4) is 0 Å². The van der Waals surface area contributed by atoms with E-state index in [0.717, 1.165) is 0 Å². The molecule has 1 aliphatic rings. The number of esters is 2. The third-order valence-corrected chi connectivity index (χ3v) is 4.40. The standard InChI is InChI=1S/C19H28O7/c1-12-5-6-16(25-14(3)21)19(4,24)9-7-15(22)11-17(23)26-18(12)13(2)8-10-20/h5-6,8,10,12,15-16,18,22,24H,7,9,11H2,1-4H3/b6-5+,13-8+. The molecule has 7 nitrogen and oxygen atoms in total. The van der Waals surface area contributed by atoms with E-state index >= 15 is 0 Å². The molecular weight excluding hydrogens is 340 g/mol. The molecule has 146 valence electrons. The fourth-order valence-electron chi connectivity index (χ4n) is 2.83. The summed E-state index contributed by atoms with van der Waals surface area (Å²) in [7, 11) is 0. The predicted molar refractivity (Wildman–Crippen MR) is 94.0 cm³/mol. The predicted octanol–water partition coefficient (Wildman–Crippen LogP) is 1.46. The normalized spacial score (nSPS) is 35.5. The van der Waals surface area contributed by atoms with Gasteiger partial charge < -0.3 is 19.7 Å². The largest absolute Gasteiger partial charge is 0.457 e. The molecule has 0 aromatic heterocycles. The van der Waals surface area contributed by atoms with E-state index in [1.165, 1.54) is 19.9 Å². The van der Waals surface area contributed by atoms with Crippen molar-refractivity contribution in [3.63, 3.8) is 0 Å². The Kier molecular flexibility index (Phi) is 8.17. The Balaban J connectivity index is 3.24. The highest BCUT2D eigenvalue weighted by Gasteiger charge is 2.34. The van der Waals surface area contributed by atoms with Crippen LogP contribution in [0.15, 0.2) is 23.8 Å². The van der Waals surface area contributed by atoms with Gasteiger partial charge in [-0.1, -0.05) is 13.0 Å². The van der Waals surface area contributed by atoms with Crippen LogP contribution < -0.4 is 0 Å². The van der Waals surface area contributed by atoms with Crippen LogP contribution in [0.25, 0.3) is 0 Å². The maximum absolute atomic E-state index is 12.1. The van der Waals surface area contributed by atoms with Crippen molar-refractivity contribution in [3.05, 3.63) is 23.8 Å². The Labute approximate surface area is 153 Å². The average molecular weight is 368 g/mol. The molecule has 5 atom stereocenters. The van der Waals surface area contributed by atoms with Crippen LogP contribution in [0.2, 0.25) is 0 Å². The lowest BCUT2D eigenvalue weighted by atomic mass is 9.89. The molecule has 0 amide bonds. The van der Waals surface area contributed by atoms with Crippen LogP contribution in [0.5, 0.6) is 0 Å². The molecule has 0 bridgehead atoms. The number of hydrogen-bond acceptors (Lipinski definition) is 7. The summed E-state index contributed by atoms with van der Waals surface area (Å²) in [5.41, 5.74) is -0.859. The second-order valence-corrected chi connectivity index (χ2v) is 6.99. The van der Waals surface area contributed by atoms with Crippen molar-refractivity contribution in [2.24, 2.45) is 5.92 Å². The number of aliphatic hydroxyl groups excluding tert-OH is 1. The van der Waals surface area contributed by atoms with Gasteiger partial charge in [-0.15, -0.1) is 0 Å². The van der Waals surface area contributed by atoms with Gasteiger partial charge in [-0.25, -0.2) is 0 Å². The second-order valence-electron chi connectivity index (χ2n) is 6.99. The third-order valence-electron chi connectivity index (χ3n) is 4.40. The van der Waals surface area contributed by atoms with Crippen molar-refractivity contribution in [2.75, 3.05) is 0 Å². The van der Waals surface area contributed by atoms with E-state index in [9.17, 15) is 24.6 Å². The van der Waals surface area contributed by atoms with Gasteiger partial charge in [-0.05, 0) is 44.4 Å². The van der Waals surface area contributed by atoms with E-state index in [-0.39, 0.29) is 25.2 Å². The van der Waals surface area contributed by atoms with Gasteiger partial charge in [-0.2, -0.15) is 0 Å². The lowest BCUT2D eigenvalue weighted by Crippen LogP contribution is -2.42. The van der Waals surface area contributed by atoms with Crippen molar-refractivity contribution < 1.29 is 34.1 Å². The molecule has 7 heteroatoms. The Bertz CT molecular complexity index is 576. The van der Waals surface area contributed by atoms with Gasteiger partial charge in [0.2, 0.25) is 0 Å². The molecule has 0 radical (unpaired) electrons. The van der Waals surface area contributed by atoms with Crippen LogP contribution in [0.1, 0.15) is 47.0 Å². The summed E-state index contributed by atoms with van der Waals surface area (Å²) in [4.78, 5) is 34.2. The lowest BCUT2D eigenvalue weighted by molar-refractivity contribution is -0.157. The van der Waals surface area contributed by atoms with Crippen molar-refractivity contribution in [2.45, 2.75) is 70.9 Å². The summed E-state index contributed by atoms with van der Waals surface area (Å²) in [5, 5.41) is 20.7. The SMILES string of the molecule is CC(=O)OC1/C=C/C(C)C(/C(C)=C/C=O)OC(=O)CC(O)CCC1(C)O. The molecular formula is C19H28O7. The van der Waals surface area contributed by atoms with Crippen LogP contribution >= 0.6 is 0 Å². The molecule has 0 fully saturated rings. The Morgan fingerprint density at radius 3 is 2.62 bits per heavy atom. The average Bonchev–Trinajstić information content (AvgIpc) is 2.53. The van der Waals surface area contributed by atoms with Crippen LogP contribution in [0.4, 0.5) is 0 Å². The summed E-state index contributed by atoms with van der Waals surface area (Å²) in [6.45, 7) is 6.21. The van der Waals surface area contributed by atoms with Crippen LogP contribution in [-0.4, -0.2) is 52.4 Å². The third kappa shape index (κ3) is 6.72. The van der Waals surface area contributed by atoms with Crippen molar-refractivity contribution >= 4 is 18.2 Å². The number of cyclic esters (lactones) is 1. The van der Waals surface area contributed by atoms with Gasteiger partial charge in [-0.3, -0.25) is 14.4 Å². The molecule has 0 aromatic carbocycles. The van der Waals surface area contributed by atoms with E-state index in [1.807, 2.05) is 0 Å². The van der Waals surface area contributed by atoms with Gasteiger partial charge in [0.25, 0.3) is 0 Å². The van der Waals surface area contributed by atoms with Gasteiger partial charge >= 0.3 is 11.9 Å². The summed E-state index contributed by atoms with van der Waals surface area (Å²) < 4.78 is 10.7.